The summed E-state index contributed by atoms with van der Waals surface area (Å²) in [6.07, 6.45) is 1.40. The maximum atomic E-state index is 13.3. The molecular formula is C27H23NO5. The highest BCUT2D eigenvalue weighted by Crippen LogP contribution is 2.26. The van der Waals surface area contributed by atoms with E-state index in [4.69, 9.17) is 9.15 Å². The van der Waals surface area contributed by atoms with Gasteiger partial charge >= 0.3 is 5.63 Å². The lowest BCUT2D eigenvalue weighted by Crippen LogP contribution is -2.43. The molecule has 6 heteroatoms. The van der Waals surface area contributed by atoms with Gasteiger partial charge in [0.2, 0.25) is 0 Å². The highest BCUT2D eigenvalue weighted by Gasteiger charge is 2.31. The first kappa shape index (κ1) is 20.9. The molecule has 1 amide bonds. The molecule has 6 nitrogen and oxygen atoms in total. The molecule has 0 saturated carbocycles. The number of likely N-dealkylation sites (tertiary alicyclic amines) is 1. The first-order valence-corrected chi connectivity index (χ1v) is 11.0. The fourth-order valence-electron chi connectivity index (χ4n) is 4.50. The van der Waals surface area contributed by atoms with Crippen molar-refractivity contribution in [2.45, 2.75) is 12.8 Å². The van der Waals surface area contributed by atoms with Crippen LogP contribution in [-0.2, 0) is 0 Å². The van der Waals surface area contributed by atoms with Crippen molar-refractivity contribution < 1.29 is 18.7 Å². The number of Topliss-reactive ketones (excluding diaryl/α,β-unsaturated/α-hetero) is 1. The maximum Gasteiger partial charge on any atom is 0.349 e. The third-order valence-corrected chi connectivity index (χ3v) is 6.28. The molecule has 1 saturated heterocycles. The van der Waals surface area contributed by atoms with Crippen LogP contribution in [0.5, 0.6) is 5.75 Å². The van der Waals surface area contributed by atoms with Crippen LogP contribution in [0.15, 0.2) is 75.9 Å². The Morgan fingerprint density at radius 3 is 2.61 bits per heavy atom. The lowest BCUT2D eigenvalue weighted by Gasteiger charge is -2.32. The molecule has 0 radical (unpaired) electrons. The fraction of sp³-hybridized carbons (Fsp3) is 0.222. The summed E-state index contributed by atoms with van der Waals surface area (Å²) >= 11 is 0. The van der Waals surface area contributed by atoms with Gasteiger partial charge in [0.25, 0.3) is 5.91 Å². The molecule has 1 aliphatic heterocycles. The number of ether oxygens (including phenoxy) is 1. The van der Waals surface area contributed by atoms with Crippen LogP contribution in [0.3, 0.4) is 0 Å². The van der Waals surface area contributed by atoms with Gasteiger partial charge in [0.15, 0.2) is 5.78 Å². The normalized spacial score (nSPS) is 16.2. The van der Waals surface area contributed by atoms with E-state index in [9.17, 15) is 14.4 Å². The van der Waals surface area contributed by atoms with Gasteiger partial charge in [-0.1, -0.05) is 36.4 Å². The third kappa shape index (κ3) is 4.00. The Morgan fingerprint density at radius 2 is 1.76 bits per heavy atom. The molecule has 1 fully saturated rings. The van der Waals surface area contributed by atoms with Gasteiger partial charge in [-0.05, 0) is 53.9 Å². The van der Waals surface area contributed by atoms with E-state index >= 15 is 0 Å². The summed E-state index contributed by atoms with van der Waals surface area (Å²) in [6.45, 7) is 0.789. The van der Waals surface area contributed by atoms with Crippen molar-refractivity contribution in [1.29, 1.82) is 0 Å². The average molecular weight is 441 g/mol. The van der Waals surface area contributed by atoms with Crippen LogP contribution in [0.1, 0.15) is 33.6 Å². The maximum absolute atomic E-state index is 13.3. The standard InChI is InChI=1S/C27H23NO5/c1-32-22-11-10-17-13-20(9-8-18(17)14-22)25(29)21-6-4-12-28(16-21)26(30)23-15-19-5-2-3-7-24(19)33-27(23)31/h2-3,5,7-11,13-15,21H,4,6,12,16H2,1H3/t21-/m0/s1. The minimum atomic E-state index is -0.655. The van der Waals surface area contributed by atoms with Crippen LogP contribution in [0.2, 0.25) is 0 Å². The van der Waals surface area contributed by atoms with Crippen LogP contribution in [-0.4, -0.2) is 36.8 Å². The number of carbonyl (C=O) groups excluding carboxylic acids is 2. The number of hydrogen-bond donors (Lipinski definition) is 0. The number of benzene rings is 3. The van der Waals surface area contributed by atoms with Crippen LogP contribution in [0, 0.1) is 5.92 Å². The molecule has 0 N–H and O–H groups in total. The van der Waals surface area contributed by atoms with Gasteiger partial charge in [0.05, 0.1) is 7.11 Å². The summed E-state index contributed by atoms with van der Waals surface area (Å²) in [5, 5.41) is 2.64. The lowest BCUT2D eigenvalue weighted by molar-refractivity contribution is 0.0634. The van der Waals surface area contributed by atoms with Crippen molar-refractivity contribution in [3.05, 3.63) is 88.3 Å². The second kappa shape index (κ2) is 8.54. The van der Waals surface area contributed by atoms with E-state index in [0.717, 1.165) is 16.5 Å². The van der Waals surface area contributed by atoms with Gasteiger partial charge in [-0.3, -0.25) is 9.59 Å². The van der Waals surface area contributed by atoms with Crippen molar-refractivity contribution in [3.8, 4) is 5.75 Å². The van der Waals surface area contributed by atoms with Crippen LogP contribution in [0.25, 0.3) is 21.7 Å². The van der Waals surface area contributed by atoms with Crippen molar-refractivity contribution in [2.24, 2.45) is 5.92 Å². The number of nitrogens with zero attached hydrogens (tertiary/aromatic N) is 1. The summed E-state index contributed by atoms with van der Waals surface area (Å²) in [6, 6.07) is 20.0. The van der Waals surface area contributed by atoms with E-state index in [-0.39, 0.29) is 23.8 Å². The summed E-state index contributed by atoms with van der Waals surface area (Å²) in [5.41, 5.74) is 0.412. The Bertz CT molecular complexity index is 1440. The molecule has 5 rings (SSSR count). The Hall–Kier alpha value is -3.93. The molecule has 0 bridgehead atoms. The largest absolute Gasteiger partial charge is 0.497 e. The highest BCUT2D eigenvalue weighted by molar-refractivity contribution is 6.02. The van der Waals surface area contributed by atoms with Crippen molar-refractivity contribution in [2.75, 3.05) is 20.2 Å². The van der Waals surface area contributed by atoms with E-state index in [1.807, 2.05) is 42.5 Å². The zero-order valence-corrected chi connectivity index (χ0v) is 18.2. The van der Waals surface area contributed by atoms with Gasteiger partial charge in [-0.2, -0.15) is 0 Å². The molecule has 0 unspecified atom stereocenters. The molecule has 1 atom stereocenters. The molecular weight excluding hydrogens is 418 g/mol. The number of hydrogen-bond acceptors (Lipinski definition) is 5. The van der Waals surface area contributed by atoms with E-state index in [1.165, 1.54) is 0 Å². The van der Waals surface area contributed by atoms with Crippen molar-refractivity contribution >= 4 is 33.4 Å². The number of rotatable bonds is 4. The molecule has 3 aromatic carbocycles. The monoisotopic (exact) mass is 441 g/mol. The number of para-hydroxylation sites is 1. The quantitative estimate of drug-likeness (QED) is 0.339. The molecule has 0 aliphatic carbocycles. The van der Waals surface area contributed by atoms with Gasteiger partial charge in [0.1, 0.15) is 16.9 Å². The smallest absolute Gasteiger partial charge is 0.349 e. The summed E-state index contributed by atoms with van der Waals surface area (Å²) in [5.74, 6) is 0.0699. The van der Waals surface area contributed by atoms with Gasteiger partial charge in [-0.25, -0.2) is 4.79 Å². The predicted molar refractivity (Wildman–Crippen MR) is 126 cm³/mol. The van der Waals surface area contributed by atoms with E-state index in [1.54, 1.807) is 36.3 Å². The Morgan fingerprint density at radius 1 is 0.970 bits per heavy atom. The number of amides is 1. The van der Waals surface area contributed by atoms with E-state index in [0.29, 0.717) is 35.9 Å². The molecule has 4 aromatic rings. The third-order valence-electron chi connectivity index (χ3n) is 6.28. The van der Waals surface area contributed by atoms with Crippen molar-refractivity contribution in [3.63, 3.8) is 0 Å². The van der Waals surface area contributed by atoms with Crippen molar-refractivity contribution in [1.82, 2.24) is 4.90 Å². The zero-order chi connectivity index (χ0) is 22.9. The number of piperidine rings is 1. The predicted octanol–water partition coefficient (Wildman–Crippen LogP) is 4.69. The Labute approximate surface area is 190 Å². The number of ketones is 1. The zero-order valence-electron chi connectivity index (χ0n) is 18.2. The number of carbonyl (C=O) groups is 2. The topological polar surface area (TPSA) is 76.8 Å². The molecule has 33 heavy (non-hydrogen) atoms. The minimum absolute atomic E-state index is 0.00134. The Kier molecular flexibility index (Phi) is 5.42. The minimum Gasteiger partial charge on any atom is -0.497 e. The Balaban J connectivity index is 1.38. The number of methoxy groups -OCH3 is 1. The van der Waals surface area contributed by atoms with E-state index in [2.05, 4.69) is 0 Å². The second-order valence-electron chi connectivity index (χ2n) is 8.37. The molecule has 2 heterocycles. The molecule has 0 spiro atoms. The highest BCUT2D eigenvalue weighted by atomic mass is 16.5. The van der Waals surface area contributed by atoms with Crippen LogP contribution in [0.4, 0.5) is 0 Å². The van der Waals surface area contributed by atoms with Gasteiger partial charge < -0.3 is 14.1 Å². The lowest BCUT2D eigenvalue weighted by atomic mass is 9.89. The molecule has 166 valence electrons. The molecule has 1 aliphatic rings. The van der Waals surface area contributed by atoms with Gasteiger partial charge in [-0.15, -0.1) is 0 Å². The average Bonchev–Trinajstić information content (AvgIpc) is 2.86. The summed E-state index contributed by atoms with van der Waals surface area (Å²) < 4.78 is 10.6. The van der Waals surface area contributed by atoms with Gasteiger partial charge in [0, 0.05) is 30.0 Å². The first-order chi connectivity index (χ1) is 16.0. The summed E-state index contributed by atoms with van der Waals surface area (Å²) in [4.78, 5) is 40.4. The first-order valence-electron chi connectivity index (χ1n) is 11.0. The fourth-order valence-corrected chi connectivity index (χ4v) is 4.50. The second-order valence-corrected chi connectivity index (χ2v) is 8.37. The SMILES string of the molecule is COc1ccc2cc(C(=O)[C@H]3CCCN(C(=O)c4cc5ccccc5oc4=O)C3)ccc2c1. The molecule has 1 aromatic heterocycles. The van der Waals surface area contributed by atoms with Crippen LogP contribution < -0.4 is 10.4 Å². The van der Waals surface area contributed by atoms with E-state index < -0.39 is 11.5 Å². The summed E-state index contributed by atoms with van der Waals surface area (Å²) in [7, 11) is 1.62. The number of fused-ring (bicyclic) bond motifs is 2. The van der Waals surface area contributed by atoms with Crippen LogP contribution >= 0.6 is 0 Å².